The third-order valence-electron chi connectivity index (χ3n) is 5.57. The van der Waals surface area contributed by atoms with Crippen LogP contribution >= 0.6 is 11.3 Å². The molecule has 33 heavy (non-hydrogen) atoms. The molecule has 0 saturated heterocycles. The highest BCUT2D eigenvalue weighted by atomic mass is 32.1. The van der Waals surface area contributed by atoms with Crippen molar-refractivity contribution in [2.75, 3.05) is 13.2 Å². The Balaban J connectivity index is 1.27. The Bertz CT molecular complexity index is 1200. The number of thiophene rings is 1. The monoisotopic (exact) mass is 479 g/mol. The lowest BCUT2D eigenvalue weighted by Crippen LogP contribution is -2.28. The van der Waals surface area contributed by atoms with Crippen LogP contribution in [0, 0.1) is 0 Å². The van der Waals surface area contributed by atoms with Gasteiger partial charge in [-0.3, -0.25) is 9.59 Å². The predicted molar refractivity (Wildman–Crippen MR) is 120 cm³/mol. The Kier molecular flexibility index (Phi) is 7.02. The van der Waals surface area contributed by atoms with Crippen molar-refractivity contribution in [3.05, 3.63) is 56.4 Å². The molecular weight excluding hydrogens is 455 g/mol. The number of nitrogens with zero attached hydrogens (tertiary/aromatic N) is 1. The minimum Gasteiger partial charge on any atom is -0.492 e. The van der Waals surface area contributed by atoms with Gasteiger partial charge >= 0.3 is 6.18 Å². The van der Waals surface area contributed by atoms with Gasteiger partial charge in [-0.2, -0.15) is 13.2 Å². The molecule has 6 nitrogen and oxygen atoms in total. The smallest absolute Gasteiger partial charge is 0.416 e. The molecule has 0 bridgehead atoms. The van der Waals surface area contributed by atoms with Gasteiger partial charge < -0.3 is 15.0 Å². The van der Waals surface area contributed by atoms with Crippen LogP contribution in [-0.4, -0.2) is 29.0 Å². The van der Waals surface area contributed by atoms with Crippen LogP contribution in [0.1, 0.15) is 47.5 Å². The normalized spacial score (nSPS) is 14.0. The van der Waals surface area contributed by atoms with E-state index in [0.29, 0.717) is 11.2 Å². The van der Waals surface area contributed by atoms with E-state index < -0.39 is 11.7 Å². The molecule has 1 amide bonds. The molecule has 0 fully saturated rings. The molecule has 2 N–H and O–H groups in total. The van der Waals surface area contributed by atoms with Crippen LogP contribution in [0.15, 0.2) is 29.1 Å². The maximum absolute atomic E-state index is 12.7. The molecule has 0 aliphatic heterocycles. The number of H-pyrrole nitrogens is 1. The van der Waals surface area contributed by atoms with Gasteiger partial charge in [0.15, 0.2) is 0 Å². The lowest BCUT2D eigenvalue weighted by atomic mass is 10.1. The topological polar surface area (TPSA) is 84.1 Å². The molecule has 10 heteroatoms. The van der Waals surface area contributed by atoms with Crippen LogP contribution in [0.5, 0.6) is 5.75 Å². The number of fused-ring (bicyclic) bond motifs is 3. The summed E-state index contributed by atoms with van der Waals surface area (Å²) in [5, 5.41) is 3.35. The quantitative estimate of drug-likeness (QED) is 0.389. The molecular formula is C23H24F3N3O3S. The fraction of sp³-hybridized carbons (Fsp3) is 0.435. The molecule has 0 saturated carbocycles. The number of hydrogen-bond acceptors (Lipinski definition) is 5. The molecule has 1 aromatic carbocycles. The lowest BCUT2D eigenvalue weighted by molar-refractivity contribution is -0.137. The fourth-order valence-corrected chi connectivity index (χ4v) is 5.23. The standard InChI is InChI=1S/C23H24F3N3O3S/c24-23(25,26)14-5-4-6-15(13-14)32-12-11-27-19(30)10-9-18-28-21(31)20-16-7-2-1-3-8-17(16)33-22(20)29-18/h4-6,13H,1-3,7-12H2,(H,27,30)(H,28,29,31). The minimum atomic E-state index is -4.44. The van der Waals surface area contributed by atoms with Crippen LogP contribution in [-0.2, 0) is 30.2 Å². The Morgan fingerprint density at radius 1 is 1.21 bits per heavy atom. The Morgan fingerprint density at radius 3 is 2.85 bits per heavy atom. The van der Waals surface area contributed by atoms with E-state index in [1.54, 1.807) is 11.3 Å². The van der Waals surface area contributed by atoms with Crippen molar-refractivity contribution in [3.8, 4) is 5.75 Å². The highest BCUT2D eigenvalue weighted by Gasteiger charge is 2.30. The number of aromatic nitrogens is 2. The number of ether oxygens (including phenoxy) is 1. The van der Waals surface area contributed by atoms with E-state index in [0.717, 1.165) is 48.2 Å². The van der Waals surface area contributed by atoms with Gasteiger partial charge in [0.05, 0.1) is 17.5 Å². The highest BCUT2D eigenvalue weighted by Crippen LogP contribution is 2.33. The number of benzene rings is 1. The molecule has 0 atom stereocenters. The van der Waals surface area contributed by atoms with Gasteiger partial charge in [-0.1, -0.05) is 12.5 Å². The van der Waals surface area contributed by atoms with E-state index in [1.165, 1.54) is 23.4 Å². The largest absolute Gasteiger partial charge is 0.492 e. The summed E-state index contributed by atoms with van der Waals surface area (Å²) in [5.74, 6) is 0.301. The average Bonchev–Trinajstić information content (AvgIpc) is 2.97. The molecule has 1 aliphatic rings. The number of hydrogen-bond donors (Lipinski definition) is 2. The molecule has 176 valence electrons. The maximum atomic E-state index is 12.7. The number of nitrogens with one attached hydrogen (secondary N) is 2. The van der Waals surface area contributed by atoms with Crippen LogP contribution in [0.2, 0.25) is 0 Å². The summed E-state index contributed by atoms with van der Waals surface area (Å²) in [6, 6.07) is 4.59. The van der Waals surface area contributed by atoms with Gasteiger partial charge in [-0.25, -0.2) is 4.98 Å². The first-order valence-corrected chi connectivity index (χ1v) is 11.7. The summed E-state index contributed by atoms with van der Waals surface area (Å²) in [6.45, 7) is 0.185. The highest BCUT2D eigenvalue weighted by molar-refractivity contribution is 7.18. The number of carbonyl (C=O) groups excluding carboxylic acids is 1. The van der Waals surface area contributed by atoms with E-state index in [2.05, 4.69) is 15.3 Å². The summed E-state index contributed by atoms with van der Waals surface area (Å²) in [6.07, 6.45) is 1.25. The zero-order valence-electron chi connectivity index (χ0n) is 17.9. The zero-order valence-corrected chi connectivity index (χ0v) is 18.7. The maximum Gasteiger partial charge on any atom is 0.416 e. The van der Waals surface area contributed by atoms with E-state index in [-0.39, 0.29) is 43.2 Å². The zero-order chi connectivity index (χ0) is 23.4. The first-order valence-electron chi connectivity index (χ1n) is 10.9. The van der Waals surface area contributed by atoms with Crippen molar-refractivity contribution >= 4 is 27.5 Å². The van der Waals surface area contributed by atoms with E-state index >= 15 is 0 Å². The Morgan fingerprint density at radius 2 is 2.03 bits per heavy atom. The SMILES string of the molecule is O=C(CCc1nc2sc3c(c2c(=O)[nH]1)CCCCC3)NCCOc1cccc(C(F)(F)F)c1. The number of alkyl halides is 3. The van der Waals surface area contributed by atoms with Crippen molar-refractivity contribution in [1.29, 1.82) is 0 Å². The molecule has 0 spiro atoms. The number of amides is 1. The van der Waals surface area contributed by atoms with Crippen molar-refractivity contribution < 1.29 is 22.7 Å². The lowest BCUT2D eigenvalue weighted by Gasteiger charge is -2.10. The second-order valence-electron chi connectivity index (χ2n) is 7.98. The van der Waals surface area contributed by atoms with Gasteiger partial charge in [0.1, 0.15) is 23.0 Å². The molecule has 2 aromatic heterocycles. The Labute approximate surface area is 192 Å². The van der Waals surface area contributed by atoms with Gasteiger partial charge in [-0.05, 0) is 49.4 Å². The third kappa shape index (κ3) is 5.73. The number of halogens is 3. The van der Waals surface area contributed by atoms with Crippen molar-refractivity contribution in [3.63, 3.8) is 0 Å². The first-order chi connectivity index (χ1) is 15.8. The summed E-state index contributed by atoms with van der Waals surface area (Å²) < 4.78 is 43.5. The van der Waals surface area contributed by atoms with E-state index in [9.17, 15) is 22.8 Å². The average molecular weight is 480 g/mol. The second-order valence-corrected chi connectivity index (χ2v) is 9.06. The molecule has 2 heterocycles. The summed E-state index contributed by atoms with van der Waals surface area (Å²) in [7, 11) is 0. The molecule has 1 aliphatic carbocycles. The van der Waals surface area contributed by atoms with Gasteiger partial charge in [0, 0.05) is 17.7 Å². The fourth-order valence-electron chi connectivity index (χ4n) is 3.95. The second kappa shape index (κ2) is 9.94. The predicted octanol–water partition coefficient (Wildman–Crippen LogP) is 4.40. The van der Waals surface area contributed by atoms with Crippen LogP contribution in [0.4, 0.5) is 13.2 Å². The molecule has 0 unspecified atom stereocenters. The summed E-state index contributed by atoms with van der Waals surface area (Å²) in [4.78, 5) is 34.1. The van der Waals surface area contributed by atoms with Gasteiger partial charge in [0.2, 0.25) is 5.91 Å². The third-order valence-corrected chi connectivity index (χ3v) is 6.75. The van der Waals surface area contributed by atoms with Crippen molar-refractivity contribution in [2.45, 2.75) is 51.1 Å². The van der Waals surface area contributed by atoms with Gasteiger partial charge in [-0.15, -0.1) is 11.3 Å². The van der Waals surface area contributed by atoms with Gasteiger partial charge in [0.25, 0.3) is 5.56 Å². The van der Waals surface area contributed by atoms with Crippen LogP contribution < -0.4 is 15.6 Å². The minimum absolute atomic E-state index is 0.0365. The van der Waals surface area contributed by atoms with Crippen molar-refractivity contribution in [1.82, 2.24) is 15.3 Å². The summed E-state index contributed by atoms with van der Waals surface area (Å²) in [5.41, 5.74) is 0.195. The molecule has 0 radical (unpaired) electrons. The number of aromatic amines is 1. The van der Waals surface area contributed by atoms with Crippen LogP contribution in [0.25, 0.3) is 10.2 Å². The molecule has 3 aromatic rings. The van der Waals surface area contributed by atoms with Crippen molar-refractivity contribution in [2.24, 2.45) is 0 Å². The molecule has 4 rings (SSSR count). The Hall–Kier alpha value is -2.88. The summed E-state index contributed by atoms with van der Waals surface area (Å²) >= 11 is 1.57. The van der Waals surface area contributed by atoms with E-state index in [4.69, 9.17) is 4.74 Å². The number of rotatable bonds is 7. The first kappa shape index (κ1) is 23.3. The number of aryl methyl sites for hydroxylation is 3. The number of carbonyl (C=O) groups is 1. The van der Waals surface area contributed by atoms with Crippen LogP contribution in [0.3, 0.4) is 0 Å². The van der Waals surface area contributed by atoms with E-state index in [1.807, 2.05) is 0 Å².